The Morgan fingerprint density at radius 2 is 2.00 bits per heavy atom. The molecule has 0 aromatic heterocycles. The summed E-state index contributed by atoms with van der Waals surface area (Å²) >= 11 is 0. The summed E-state index contributed by atoms with van der Waals surface area (Å²) < 4.78 is 23.7. The molecule has 0 radical (unpaired) electrons. The summed E-state index contributed by atoms with van der Waals surface area (Å²) in [6, 6.07) is 0. The standard InChI is InChI=1S/C5H6F2O2/c6-5(7)1-3(2-5)4(8)9/h3H,1-2H2,(H,8,9)/p-1. The van der Waals surface area contributed by atoms with E-state index in [1.165, 1.54) is 0 Å². The van der Waals surface area contributed by atoms with E-state index in [-0.39, 0.29) is 0 Å². The van der Waals surface area contributed by atoms with Crippen LogP contribution in [0.3, 0.4) is 0 Å². The van der Waals surface area contributed by atoms with Gasteiger partial charge in [0.05, 0.1) is 0 Å². The van der Waals surface area contributed by atoms with Crippen LogP contribution in [0.15, 0.2) is 0 Å². The molecule has 52 valence electrons. The number of halogens is 2. The monoisotopic (exact) mass is 135 g/mol. The van der Waals surface area contributed by atoms with E-state index < -0.39 is 30.7 Å². The van der Waals surface area contributed by atoms with Gasteiger partial charge in [0, 0.05) is 24.7 Å². The van der Waals surface area contributed by atoms with Crippen molar-refractivity contribution in [3.8, 4) is 0 Å². The maximum atomic E-state index is 11.9. The smallest absolute Gasteiger partial charge is 0.249 e. The second-order valence-corrected chi connectivity index (χ2v) is 2.28. The average molecular weight is 135 g/mol. The van der Waals surface area contributed by atoms with E-state index in [1.54, 1.807) is 0 Å². The molecular formula is C5H5F2O2-. The first-order chi connectivity index (χ1) is 4.01. The van der Waals surface area contributed by atoms with Crippen LogP contribution in [0.4, 0.5) is 8.78 Å². The maximum absolute atomic E-state index is 11.9. The van der Waals surface area contributed by atoms with E-state index in [4.69, 9.17) is 0 Å². The highest BCUT2D eigenvalue weighted by Gasteiger charge is 2.45. The van der Waals surface area contributed by atoms with Crippen LogP contribution in [0, 0.1) is 5.92 Å². The quantitative estimate of drug-likeness (QED) is 0.498. The first-order valence-corrected chi connectivity index (χ1v) is 2.60. The molecule has 0 saturated heterocycles. The van der Waals surface area contributed by atoms with Crippen LogP contribution >= 0.6 is 0 Å². The van der Waals surface area contributed by atoms with Gasteiger partial charge >= 0.3 is 0 Å². The van der Waals surface area contributed by atoms with Gasteiger partial charge in [0.25, 0.3) is 0 Å². The van der Waals surface area contributed by atoms with Crippen LogP contribution in [-0.2, 0) is 4.79 Å². The molecule has 0 aromatic carbocycles. The van der Waals surface area contributed by atoms with Crippen molar-refractivity contribution < 1.29 is 18.7 Å². The molecule has 0 aliphatic heterocycles. The predicted molar refractivity (Wildman–Crippen MR) is 22.7 cm³/mol. The number of aliphatic carboxylic acids is 1. The highest BCUT2D eigenvalue weighted by atomic mass is 19.3. The minimum absolute atomic E-state index is 0.546. The first-order valence-electron chi connectivity index (χ1n) is 2.60. The second kappa shape index (κ2) is 1.65. The number of rotatable bonds is 1. The summed E-state index contributed by atoms with van der Waals surface area (Å²) in [5.74, 6) is -5.02. The summed E-state index contributed by atoms with van der Waals surface area (Å²) in [5, 5.41) is 9.82. The van der Waals surface area contributed by atoms with Crippen molar-refractivity contribution in [3.05, 3.63) is 0 Å². The molecule has 2 nitrogen and oxygen atoms in total. The van der Waals surface area contributed by atoms with E-state index in [0.29, 0.717) is 0 Å². The average Bonchev–Trinajstić information content (AvgIpc) is 1.59. The Balaban J connectivity index is 2.35. The predicted octanol–water partition coefficient (Wildman–Crippen LogP) is -0.218. The van der Waals surface area contributed by atoms with Gasteiger partial charge in [-0.25, -0.2) is 8.78 Å². The highest BCUT2D eigenvalue weighted by molar-refractivity contribution is 5.69. The Hall–Kier alpha value is -0.670. The van der Waals surface area contributed by atoms with Crippen LogP contribution in [0.1, 0.15) is 12.8 Å². The second-order valence-electron chi connectivity index (χ2n) is 2.28. The Kier molecular flexibility index (Phi) is 1.18. The number of carboxylic acids is 1. The summed E-state index contributed by atoms with van der Waals surface area (Å²) in [7, 11) is 0. The summed E-state index contributed by atoms with van der Waals surface area (Å²) in [4.78, 5) is 9.82. The molecule has 0 atom stereocenters. The summed E-state index contributed by atoms with van der Waals surface area (Å²) in [6.07, 6.45) is -1.09. The molecule has 0 spiro atoms. The molecule has 1 rings (SSSR count). The fraction of sp³-hybridized carbons (Fsp3) is 0.800. The van der Waals surface area contributed by atoms with E-state index in [0.717, 1.165) is 0 Å². The molecule has 0 aromatic rings. The minimum Gasteiger partial charge on any atom is -0.550 e. The Morgan fingerprint density at radius 1 is 1.56 bits per heavy atom. The molecule has 1 fully saturated rings. The van der Waals surface area contributed by atoms with Gasteiger partial charge in [0.2, 0.25) is 5.92 Å². The zero-order valence-electron chi connectivity index (χ0n) is 4.56. The van der Waals surface area contributed by atoms with Crippen molar-refractivity contribution in [2.75, 3.05) is 0 Å². The molecule has 1 saturated carbocycles. The van der Waals surface area contributed by atoms with Gasteiger partial charge in [-0.15, -0.1) is 0 Å². The van der Waals surface area contributed by atoms with Gasteiger partial charge in [-0.05, 0) is 0 Å². The van der Waals surface area contributed by atoms with Crippen molar-refractivity contribution in [1.82, 2.24) is 0 Å². The van der Waals surface area contributed by atoms with E-state index >= 15 is 0 Å². The summed E-state index contributed by atoms with van der Waals surface area (Å²) in [6.45, 7) is 0. The van der Waals surface area contributed by atoms with Crippen LogP contribution in [0.5, 0.6) is 0 Å². The van der Waals surface area contributed by atoms with Crippen molar-refractivity contribution in [2.24, 2.45) is 5.92 Å². The molecular weight excluding hydrogens is 130 g/mol. The number of carboxylic acid groups (broad SMARTS) is 1. The molecule has 1 aliphatic rings. The van der Waals surface area contributed by atoms with Gasteiger partial charge < -0.3 is 9.90 Å². The lowest BCUT2D eigenvalue weighted by molar-refractivity contribution is -0.321. The van der Waals surface area contributed by atoms with Gasteiger partial charge in [-0.2, -0.15) is 0 Å². The van der Waals surface area contributed by atoms with E-state index in [9.17, 15) is 18.7 Å². The van der Waals surface area contributed by atoms with Gasteiger partial charge in [0.1, 0.15) is 0 Å². The Morgan fingerprint density at radius 3 is 2.11 bits per heavy atom. The zero-order valence-corrected chi connectivity index (χ0v) is 4.56. The maximum Gasteiger partial charge on any atom is 0.249 e. The minimum atomic E-state index is -2.75. The number of alkyl halides is 2. The van der Waals surface area contributed by atoms with Crippen LogP contribution < -0.4 is 5.11 Å². The number of hydrogen-bond donors (Lipinski definition) is 0. The third-order valence-electron chi connectivity index (χ3n) is 1.42. The Labute approximate surface area is 50.5 Å². The molecule has 4 heteroatoms. The molecule has 0 amide bonds. The molecule has 9 heavy (non-hydrogen) atoms. The lowest BCUT2D eigenvalue weighted by atomic mass is 9.82. The first kappa shape index (κ1) is 6.45. The molecule has 1 aliphatic carbocycles. The third-order valence-corrected chi connectivity index (χ3v) is 1.42. The van der Waals surface area contributed by atoms with E-state index in [2.05, 4.69) is 0 Å². The van der Waals surface area contributed by atoms with Gasteiger partial charge in [-0.3, -0.25) is 0 Å². The van der Waals surface area contributed by atoms with Crippen LogP contribution in [-0.4, -0.2) is 11.9 Å². The molecule has 0 unspecified atom stereocenters. The van der Waals surface area contributed by atoms with Crippen molar-refractivity contribution in [1.29, 1.82) is 0 Å². The van der Waals surface area contributed by atoms with Crippen LogP contribution in [0.25, 0.3) is 0 Å². The fourth-order valence-electron chi connectivity index (χ4n) is 0.828. The zero-order chi connectivity index (χ0) is 7.07. The highest BCUT2D eigenvalue weighted by Crippen LogP contribution is 2.41. The van der Waals surface area contributed by atoms with Crippen molar-refractivity contribution >= 4 is 5.97 Å². The number of carbonyl (C=O) groups is 1. The molecule has 0 heterocycles. The summed E-state index contributed by atoms with van der Waals surface area (Å²) in [5.41, 5.74) is 0. The van der Waals surface area contributed by atoms with Crippen LogP contribution in [0.2, 0.25) is 0 Å². The van der Waals surface area contributed by atoms with Crippen molar-refractivity contribution in [3.63, 3.8) is 0 Å². The fourth-order valence-corrected chi connectivity index (χ4v) is 0.828. The normalized spacial score (nSPS) is 25.1. The topological polar surface area (TPSA) is 40.1 Å². The largest absolute Gasteiger partial charge is 0.550 e. The lowest BCUT2D eigenvalue weighted by Crippen LogP contribution is -2.45. The van der Waals surface area contributed by atoms with Gasteiger partial charge in [-0.1, -0.05) is 0 Å². The number of hydrogen-bond acceptors (Lipinski definition) is 2. The SMILES string of the molecule is O=C([O-])C1CC(F)(F)C1. The molecule has 0 N–H and O–H groups in total. The van der Waals surface area contributed by atoms with E-state index in [1.807, 2.05) is 0 Å². The number of carbonyl (C=O) groups excluding carboxylic acids is 1. The lowest BCUT2D eigenvalue weighted by Gasteiger charge is -2.35. The third kappa shape index (κ3) is 1.17. The van der Waals surface area contributed by atoms with Gasteiger partial charge in [0.15, 0.2) is 0 Å². The molecule has 0 bridgehead atoms. The Bertz CT molecular complexity index is 136. The van der Waals surface area contributed by atoms with Crippen molar-refractivity contribution in [2.45, 2.75) is 18.8 Å².